The molecule has 186 valence electrons. The molecule has 0 saturated carbocycles. The fourth-order valence-corrected chi connectivity index (χ4v) is 4.38. The molecule has 3 aromatic carbocycles. The number of benzene rings is 3. The van der Waals surface area contributed by atoms with E-state index in [0.717, 1.165) is 26.9 Å². The minimum Gasteiger partial charge on any atom is -0.429 e. The highest BCUT2D eigenvalue weighted by Crippen LogP contribution is 2.31. The Morgan fingerprint density at radius 3 is 2.58 bits per heavy atom. The molecular formula is C28H27F2N3O2S. The van der Waals surface area contributed by atoms with Gasteiger partial charge in [0, 0.05) is 40.7 Å². The van der Waals surface area contributed by atoms with E-state index in [4.69, 9.17) is 10.5 Å². The van der Waals surface area contributed by atoms with Gasteiger partial charge in [-0.05, 0) is 59.7 Å². The molecule has 1 atom stereocenters. The number of hydrogen-bond acceptors (Lipinski definition) is 4. The van der Waals surface area contributed by atoms with E-state index in [-0.39, 0.29) is 17.9 Å². The van der Waals surface area contributed by atoms with Gasteiger partial charge in [-0.15, -0.1) is 11.8 Å². The van der Waals surface area contributed by atoms with E-state index >= 15 is 0 Å². The predicted molar refractivity (Wildman–Crippen MR) is 142 cm³/mol. The van der Waals surface area contributed by atoms with E-state index in [1.165, 1.54) is 6.07 Å². The quantitative estimate of drug-likeness (QED) is 0.181. The van der Waals surface area contributed by atoms with Gasteiger partial charge < -0.3 is 20.8 Å². The monoisotopic (exact) mass is 507 g/mol. The van der Waals surface area contributed by atoms with E-state index in [1.54, 1.807) is 23.9 Å². The van der Waals surface area contributed by atoms with Gasteiger partial charge in [0.05, 0.1) is 5.56 Å². The zero-order valence-electron chi connectivity index (χ0n) is 19.8. The molecule has 8 heteroatoms. The summed E-state index contributed by atoms with van der Waals surface area (Å²) in [5.74, 6) is -0.799. The standard InChI is InChI=1S/C28H27F2N3O2S/c1-3-28(29,30)35-26-13-10-19(18-8-11-22(36-2)12-9-18)15-24(26)27(34)33-21(16-31)14-20-17-32-25-7-5-4-6-23(20)25/h3-13,15,17,21,32H,1,14,16,31H2,2H3,(H,33,34). The predicted octanol–water partition coefficient (Wildman–Crippen LogP) is 6.01. The lowest BCUT2D eigenvalue weighted by Crippen LogP contribution is -2.42. The molecule has 1 heterocycles. The number of carbonyl (C=O) groups excluding carboxylic acids is 1. The summed E-state index contributed by atoms with van der Waals surface area (Å²) >= 11 is 1.61. The van der Waals surface area contributed by atoms with Crippen LogP contribution in [0, 0.1) is 0 Å². The van der Waals surface area contributed by atoms with Crippen LogP contribution in [0.15, 0.2) is 90.5 Å². The average Bonchev–Trinajstić information content (AvgIpc) is 3.31. The van der Waals surface area contributed by atoms with Gasteiger partial charge in [0.15, 0.2) is 0 Å². The van der Waals surface area contributed by atoms with E-state index in [0.29, 0.717) is 18.1 Å². The van der Waals surface area contributed by atoms with Crippen LogP contribution in [0.25, 0.3) is 22.0 Å². The average molecular weight is 508 g/mol. The number of alkyl halides is 2. The van der Waals surface area contributed by atoms with Gasteiger partial charge in [-0.25, -0.2) is 0 Å². The van der Waals surface area contributed by atoms with Crippen LogP contribution in [-0.4, -0.2) is 35.8 Å². The second kappa shape index (κ2) is 11.0. The van der Waals surface area contributed by atoms with Crippen LogP contribution in [0.3, 0.4) is 0 Å². The summed E-state index contributed by atoms with van der Waals surface area (Å²) in [4.78, 5) is 17.7. The third-order valence-electron chi connectivity index (χ3n) is 5.89. The maximum atomic E-state index is 14.0. The molecule has 0 fully saturated rings. The Morgan fingerprint density at radius 1 is 1.17 bits per heavy atom. The Labute approximate surface area is 212 Å². The lowest BCUT2D eigenvalue weighted by atomic mass is 10.0. The molecule has 0 radical (unpaired) electrons. The maximum Gasteiger partial charge on any atom is 0.419 e. The van der Waals surface area contributed by atoms with Crippen molar-refractivity contribution in [1.29, 1.82) is 0 Å². The molecule has 0 aliphatic carbocycles. The van der Waals surface area contributed by atoms with Crippen LogP contribution in [0.4, 0.5) is 8.78 Å². The molecule has 1 unspecified atom stereocenters. The fraction of sp³-hybridized carbons (Fsp3) is 0.179. The highest BCUT2D eigenvalue weighted by Gasteiger charge is 2.29. The van der Waals surface area contributed by atoms with Crippen molar-refractivity contribution in [2.24, 2.45) is 5.73 Å². The number of para-hydroxylation sites is 1. The third-order valence-corrected chi connectivity index (χ3v) is 6.64. The van der Waals surface area contributed by atoms with Crippen LogP contribution in [0.1, 0.15) is 15.9 Å². The molecule has 4 N–H and O–H groups in total. The van der Waals surface area contributed by atoms with Gasteiger partial charge in [-0.3, -0.25) is 4.79 Å². The first-order chi connectivity index (χ1) is 17.3. The van der Waals surface area contributed by atoms with Gasteiger partial charge in [-0.2, -0.15) is 8.78 Å². The molecule has 4 rings (SSSR count). The molecule has 36 heavy (non-hydrogen) atoms. The lowest BCUT2D eigenvalue weighted by molar-refractivity contribution is -0.131. The molecule has 4 aromatic rings. The van der Waals surface area contributed by atoms with Gasteiger partial charge in [0.2, 0.25) is 0 Å². The summed E-state index contributed by atoms with van der Waals surface area (Å²) in [7, 11) is 0. The van der Waals surface area contributed by atoms with E-state index < -0.39 is 18.1 Å². The van der Waals surface area contributed by atoms with E-state index in [9.17, 15) is 13.6 Å². The van der Waals surface area contributed by atoms with E-state index in [2.05, 4.69) is 16.9 Å². The molecular weight excluding hydrogens is 480 g/mol. The molecule has 0 aliphatic heterocycles. The SMILES string of the molecule is C=CC(F)(F)Oc1ccc(-c2ccc(SC)cc2)cc1C(=O)NC(CN)Cc1c[nH]c2ccccc12. The minimum atomic E-state index is -3.63. The molecule has 0 bridgehead atoms. The largest absolute Gasteiger partial charge is 0.429 e. The van der Waals surface area contributed by atoms with Crippen molar-refractivity contribution in [1.82, 2.24) is 10.3 Å². The number of thioether (sulfide) groups is 1. The van der Waals surface area contributed by atoms with Gasteiger partial charge in [-0.1, -0.05) is 43.0 Å². The molecule has 0 spiro atoms. The number of halogens is 2. The second-order valence-electron chi connectivity index (χ2n) is 8.28. The smallest absolute Gasteiger partial charge is 0.419 e. The summed E-state index contributed by atoms with van der Waals surface area (Å²) in [6.07, 6.45) is 1.10. The number of amides is 1. The Hall–Kier alpha value is -3.62. The van der Waals surface area contributed by atoms with Crippen molar-refractivity contribution in [3.05, 3.63) is 96.7 Å². The maximum absolute atomic E-state index is 14.0. The van der Waals surface area contributed by atoms with Crippen LogP contribution in [-0.2, 0) is 6.42 Å². The zero-order chi connectivity index (χ0) is 25.7. The highest BCUT2D eigenvalue weighted by atomic mass is 32.2. The van der Waals surface area contributed by atoms with Gasteiger partial charge in [0.1, 0.15) is 5.75 Å². The molecule has 0 saturated heterocycles. The Bertz CT molecular complexity index is 1370. The summed E-state index contributed by atoms with van der Waals surface area (Å²) in [5, 5.41) is 3.93. The number of carbonyl (C=O) groups is 1. The number of ether oxygens (including phenoxy) is 1. The first-order valence-electron chi connectivity index (χ1n) is 11.4. The van der Waals surface area contributed by atoms with Crippen LogP contribution in [0.5, 0.6) is 5.75 Å². The third kappa shape index (κ3) is 5.78. The highest BCUT2D eigenvalue weighted by molar-refractivity contribution is 7.98. The number of rotatable bonds is 10. The minimum absolute atomic E-state index is 0.0136. The number of H-pyrrole nitrogens is 1. The number of aromatic amines is 1. The van der Waals surface area contributed by atoms with Crippen molar-refractivity contribution in [2.75, 3.05) is 12.8 Å². The topological polar surface area (TPSA) is 80.1 Å². The number of nitrogens with two attached hydrogens (primary N) is 1. The van der Waals surface area contributed by atoms with Crippen molar-refractivity contribution in [2.45, 2.75) is 23.5 Å². The molecule has 5 nitrogen and oxygen atoms in total. The van der Waals surface area contributed by atoms with Crippen molar-refractivity contribution in [3.63, 3.8) is 0 Å². The van der Waals surface area contributed by atoms with Crippen LogP contribution in [0.2, 0.25) is 0 Å². The Kier molecular flexibility index (Phi) is 7.76. The summed E-state index contributed by atoms with van der Waals surface area (Å²) < 4.78 is 32.9. The normalized spacial score (nSPS) is 12.3. The summed E-state index contributed by atoms with van der Waals surface area (Å²) in [6, 6.07) is 19.7. The number of fused-ring (bicyclic) bond motifs is 1. The van der Waals surface area contributed by atoms with Crippen LogP contribution < -0.4 is 15.8 Å². The number of aromatic nitrogens is 1. The second-order valence-corrected chi connectivity index (χ2v) is 9.16. The first-order valence-corrected chi connectivity index (χ1v) is 12.6. The zero-order valence-corrected chi connectivity index (χ0v) is 20.6. The number of hydrogen-bond donors (Lipinski definition) is 3. The van der Waals surface area contributed by atoms with E-state index in [1.807, 2.05) is 61.0 Å². The molecule has 1 aromatic heterocycles. The van der Waals surface area contributed by atoms with Crippen molar-refractivity contribution < 1.29 is 18.3 Å². The van der Waals surface area contributed by atoms with Gasteiger partial charge >= 0.3 is 6.11 Å². The Balaban J connectivity index is 1.63. The molecule has 0 aliphatic rings. The van der Waals surface area contributed by atoms with Gasteiger partial charge in [0.25, 0.3) is 5.91 Å². The lowest BCUT2D eigenvalue weighted by Gasteiger charge is -2.20. The summed E-state index contributed by atoms with van der Waals surface area (Å²) in [6.45, 7) is 3.28. The van der Waals surface area contributed by atoms with Crippen molar-refractivity contribution >= 4 is 28.6 Å². The van der Waals surface area contributed by atoms with Crippen molar-refractivity contribution in [3.8, 4) is 16.9 Å². The Morgan fingerprint density at radius 2 is 1.89 bits per heavy atom. The molecule has 1 amide bonds. The number of nitrogens with one attached hydrogen (secondary N) is 2. The summed E-state index contributed by atoms with van der Waals surface area (Å²) in [5.41, 5.74) is 9.49. The first kappa shape index (κ1) is 25.5. The fourth-order valence-electron chi connectivity index (χ4n) is 3.97. The van der Waals surface area contributed by atoms with Crippen LogP contribution >= 0.6 is 11.8 Å².